The molecule has 3 N–H and O–H groups in total. The van der Waals surface area contributed by atoms with Crippen LogP contribution in [0.3, 0.4) is 0 Å². The maximum absolute atomic E-state index is 11.1. The smallest absolute Gasteiger partial charge is 0.221 e. The van der Waals surface area contributed by atoms with Crippen LogP contribution in [0, 0.1) is 0 Å². The zero-order valence-electron chi connectivity index (χ0n) is 14.3. The molecular weight excluding hydrogens is 292 g/mol. The van der Waals surface area contributed by atoms with Gasteiger partial charge in [0, 0.05) is 38.9 Å². The minimum Gasteiger partial charge on any atom is -0.382 e. The Balaban J connectivity index is 2.53. The predicted molar refractivity (Wildman–Crippen MR) is 94.7 cm³/mol. The molecule has 128 valence electrons. The van der Waals surface area contributed by atoms with Crippen molar-refractivity contribution in [1.82, 2.24) is 10.6 Å². The molecule has 0 aliphatic heterocycles. The van der Waals surface area contributed by atoms with E-state index in [0.29, 0.717) is 6.54 Å². The Morgan fingerprint density at radius 1 is 1.26 bits per heavy atom. The van der Waals surface area contributed by atoms with E-state index >= 15 is 0 Å². The number of nitrogens with zero attached hydrogens (tertiary/aromatic N) is 1. The fourth-order valence-corrected chi connectivity index (χ4v) is 1.99. The number of carbonyl (C=O) groups is 1. The Kier molecular flexibility index (Phi) is 9.47. The van der Waals surface area contributed by atoms with Gasteiger partial charge in [-0.05, 0) is 38.0 Å². The van der Waals surface area contributed by atoms with Gasteiger partial charge in [0.1, 0.15) is 0 Å². The van der Waals surface area contributed by atoms with E-state index in [9.17, 15) is 4.79 Å². The third-order valence-corrected chi connectivity index (χ3v) is 2.97. The number of hydrogen-bond donors (Lipinski definition) is 3. The second-order valence-corrected chi connectivity index (χ2v) is 5.05. The highest BCUT2D eigenvalue weighted by molar-refractivity contribution is 5.88. The molecule has 0 saturated heterocycles. The number of hydrogen-bond acceptors (Lipinski definition) is 3. The second-order valence-electron chi connectivity index (χ2n) is 5.05. The lowest BCUT2D eigenvalue weighted by molar-refractivity contribution is -0.114. The normalized spacial score (nSPS) is 11.2. The van der Waals surface area contributed by atoms with E-state index in [2.05, 4.69) is 20.9 Å². The summed E-state index contributed by atoms with van der Waals surface area (Å²) in [6.07, 6.45) is 0.941. The zero-order valence-corrected chi connectivity index (χ0v) is 14.3. The summed E-state index contributed by atoms with van der Waals surface area (Å²) in [6.45, 7) is 9.21. The van der Waals surface area contributed by atoms with Crippen LogP contribution in [0.1, 0.15) is 32.8 Å². The number of nitrogens with one attached hydrogen (secondary N) is 3. The minimum absolute atomic E-state index is 0.0741. The maximum atomic E-state index is 11.1. The van der Waals surface area contributed by atoms with Gasteiger partial charge in [-0.1, -0.05) is 12.1 Å². The van der Waals surface area contributed by atoms with Crippen molar-refractivity contribution in [3.05, 3.63) is 29.8 Å². The summed E-state index contributed by atoms with van der Waals surface area (Å²) < 4.78 is 5.31. The molecular formula is C17H28N4O2. The monoisotopic (exact) mass is 320 g/mol. The maximum Gasteiger partial charge on any atom is 0.221 e. The van der Waals surface area contributed by atoms with E-state index in [1.54, 1.807) is 0 Å². The molecule has 1 rings (SSSR count). The first-order valence-corrected chi connectivity index (χ1v) is 8.12. The van der Waals surface area contributed by atoms with Crippen molar-refractivity contribution in [2.24, 2.45) is 4.99 Å². The topological polar surface area (TPSA) is 74.8 Å². The molecule has 6 nitrogen and oxygen atoms in total. The molecule has 0 fully saturated rings. The van der Waals surface area contributed by atoms with Crippen LogP contribution < -0.4 is 16.0 Å². The third kappa shape index (κ3) is 8.83. The quantitative estimate of drug-likeness (QED) is 0.370. The lowest BCUT2D eigenvalue weighted by Gasteiger charge is -2.11. The molecule has 0 aromatic heterocycles. The largest absolute Gasteiger partial charge is 0.382 e. The molecule has 0 saturated carbocycles. The van der Waals surface area contributed by atoms with Gasteiger partial charge >= 0.3 is 0 Å². The van der Waals surface area contributed by atoms with Crippen molar-refractivity contribution in [2.75, 3.05) is 31.6 Å². The molecule has 0 aliphatic carbocycles. The molecule has 0 bridgehead atoms. The van der Waals surface area contributed by atoms with Crippen LogP contribution in [0.15, 0.2) is 29.3 Å². The highest BCUT2D eigenvalue weighted by Gasteiger charge is 2.00. The van der Waals surface area contributed by atoms with Crippen LogP contribution in [0.2, 0.25) is 0 Å². The summed E-state index contributed by atoms with van der Waals surface area (Å²) in [7, 11) is 0. The van der Waals surface area contributed by atoms with Crippen molar-refractivity contribution in [1.29, 1.82) is 0 Å². The van der Waals surface area contributed by atoms with Crippen LogP contribution in [-0.4, -0.2) is 38.2 Å². The molecule has 1 aromatic carbocycles. The Morgan fingerprint density at radius 3 is 2.78 bits per heavy atom. The van der Waals surface area contributed by atoms with Gasteiger partial charge in [0.05, 0.1) is 6.54 Å². The summed E-state index contributed by atoms with van der Waals surface area (Å²) >= 11 is 0. The zero-order chi connectivity index (χ0) is 16.9. The van der Waals surface area contributed by atoms with Crippen molar-refractivity contribution >= 4 is 17.6 Å². The van der Waals surface area contributed by atoms with Gasteiger partial charge in [0.25, 0.3) is 0 Å². The number of anilines is 1. The number of guanidine groups is 1. The third-order valence-electron chi connectivity index (χ3n) is 2.97. The van der Waals surface area contributed by atoms with Gasteiger partial charge in [0.15, 0.2) is 5.96 Å². The van der Waals surface area contributed by atoms with E-state index in [1.165, 1.54) is 6.92 Å². The number of carbonyl (C=O) groups excluding carboxylic acids is 1. The molecule has 0 radical (unpaired) electrons. The Hall–Kier alpha value is -2.08. The van der Waals surface area contributed by atoms with Crippen LogP contribution in [0.4, 0.5) is 5.69 Å². The summed E-state index contributed by atoms with van der Waals surface area (Å²) in [4.78, 5) is 15.7. The van der Waals surface area contributed by atoms with Crippen LogP contribution in [0.25, 0.3) is 0 Å². The molecule has 0 atom stereocenters. The second kappa shape index (κ2) is 11.5. The fourth-order valence-electron chi connectivity index (χ4n) is 1.99. The molecule has 0 spiro atoms. The number of aliphatic imine (C=N–C) groups is 1. The highest BCUT2D eigenvalue weighted by Crippen LogP contribution is 2.11. The lowest BCUT2D eigenvalue weighted by atomic mass is 10.2. The van der Waals surface area contributed by atoms with Crippen molar-refractivity contribution in [2.45, 2.75) is 33.7 Å². The Morgan fingerprint density at radius 2 is 2.09 bits per heavy atom. The fraction of sp³-hybridized carbons (Fsp3) is 0.529. The molecule has 23 heavy (non-hydrogen) atoms. The molecule has 1 amide bonds. The number of ether oxygens (including phenoxy) is 1. The number of benzene rings is 1. The van der Waals surface area contributed by atoms with Gasteiger partial charge in [-0.2, -0.15) is 0 Å². The number of amides is 1. The van der Waals surface area contributed by atoms with Gasteiger partial charge in [-0.25, -0.2) is 4.99 Å². The average Bonchev–Trinajstić information content (AvgIpc) is 2.52. The van der Waals surface area contributed by atoms with E-state index in [-0.39, 0.29) is 5.91 Å². The summed E-state index contributed by atoms with van der Waals surface area (Å²) in [6, 6.07) is 7.71. The van der Waals surface area contributed by atoms with Crippen molar-refractivity contribution in [3.63, 3.8) is 0 Å². The molecule has 1 aromatic rings. The Labute approximate surface area is 138 Å². The van der Waals surface area contributed by atoms with Gasteiger partial charge in [-0.15, -0.1) is 0 Å². The standard InChI is InChI=1S/C17H28N4O2/c1-4-18-17(19-10-7-11-23-5-2)20-13-15-8-6-9-16(12-15)21-14(3)22/h6,8-9,12H,4-5,7,10-11,13H2,1-3H3,(H,21,22)(H2,18,19,20). The molecule has 0 unspecified atom stereocenters. The van der Waals surface area contributed by atoms with Crippen LogP contribution >= 0.6 is 0 Å². The van der Waals surface area contributed by atoms with Gasteiger partial charge < -0.3 is 20.7 Å². The summed E-state index contributed by atoms with van der Waals surface area (Å²) in [5, 5.41) is 9.28. The molecule has 0 aliphatic rings. The van der Waals surface area contributed by atoms with Gasteiger partial charge in [0.2, 0.25) is 5.91 Å². The first-order valence-electron chi connectivity index (χ1n) is 8.12. The lowest BCUT2D eigenvalue weighted by Crippen LogP contribution is -2.38. The minimum atomic E-state index is -0.0741. The molecule has 0 heterocycles. The van der Waals surface area contributed by atoms with E-state index in [4.69, 9.17) is 4.74 Å². The predicted octanol–water partition coefficient (Wildman–Crippen LogP) is 2.13. The van der Waals surface area contributed by atoms with Crippen LogP contribution in [0.5, 0.6) is 0 Å². The average molecular weight is 320 g/mol. The van der Waals surface area contributed by atoms with Gasteiger partial charge in [-0.3, -0.25) is 4.79 Å². The van der Waals surface area contributed by atoms with E-state index < -0.39 is 0 Å². The Bertz CT molecular complexity index is 503. The van der Waals surface area contributed by atoms with Crippen molar-refractivity contribution < 1.29 is 9.53 Å². The van der Waals surface area contributed by atoms with E-state index in [1.807, 2.05) is 38.1 Å². The molecule has 6 heteroatoms. The summed E-state index contributed by atoms with van der Waals surface area (Å²) in [5.41, 5.74) is 1.84. The SMILES string of the molecule is CCNC(=NCc1cccc(NC(C)=O)c1)NCCCOCC. The first-order chi connectivity index (χ1) is 11.2. The summed E-state index contributed by atoms with van der Waals surface area (Å²) in [5.74, 6) is 0.712. The number of rotatable bonds is 9. The van der Waals surface area contributed by atoms with E-state index in [0.717, 1.165) is 49.9 Å². The van der Waals surface area contributed by atoms with Crippen molar-refractivity contribution in [3.8, 4) is 0 Å². The first kappa shape index (κ1) is 19.0. The highest BCUT2D eigenvalue weighted by atomic mass is 16.5. The van der Waals surface area contributed by atoms with Crippen LogP contribution in [-0.2, 0) is 16.1 Å².